The number of carbonyl (C=O) groups excluding carboxylic acids is 1. The van der Waals surface area contributed by atoms with Crippen LogP contribution in [-0.4, -0.2) is 40.5 Å². The van der Waals surface area contributed by atoms with Gasteiger partial charge in [-0.2, -0.15) is 13.1 Å². The molecule has 0 unspecified atom stereocenters. The van der Waals surface area contributed by atoms with Gasteiger partial charge in [0.1, 0.15) is 15.9 Å². The molecular formula is C19H19ClN4O3S2. The Morgan fingerprint density at radius 1 is 1.17 bits per heavy atom. The monoisotopic (exact) mass is 450 g/mol. The minimum Gasteiger partial charge on any atom is -0.352 e. The average molecular weight is 451 g/mol. The number of nitrogens with one attached hydrogen (secondary N) is 1. The van der Waals surface area contributed by atoms with Crippen molar-refractivity contribution < 1.29 is 13.2 Å². The second-order valence-electron chi connectivity index (χ2n) is 6.91. The number of amides is 1. The molecule has 3 aromatic rings. The number of rotatable bonds is 5. The topological polar surface area (TPSA) is 92.3 Å². The first-order valence-corrected chi connectivity index (χ1v) is 11.7. The van der Waals surface area contributed by atoms with Crippen LogP contribution in [-0.2, 0) is 21.4 Å². The van der Waals surface area contributed by atoms with E-state index in [1.807, 2.05) is 18.2 Å². The molecule has 1 fully saturated rings. The fourth-order valence-electron chi connectivity index (χ4n) is 3.47. The Bertz CT molecular complexity index is 1140. The Labute approximate surface area is 178 Å². The SMILES string of the molecule is O=C(NCc1cccc(Cl)c1)C1CCN(S(=O)(=O)c2cccc3nsnc23)CC1. The van der Waals surface area contributed by atoms with Crippen LogP contribution < -0.4 is 5.32 Å². The van der Waals surface area contributed by atoms with Crippen LogP contribution in [0.3, 0.4) is 0 Å². The Hall–Kier alpha value is -2.07. The van der Waals surface area contributed by atoms with Gasteiger partial charge in [-0.3, -0.25) is 4.79 Å². The van der Waals surface area contributed by atoms with Gasteiger partial charge in [-0.25, -0.2) is 8.42 Å². The van der Waals surface area contributed by atoms with E-state index in [1.165, 1.54) is 4.31 Å². The zero-order valence-electron chi connectivity index (χ0n) is 15.4. The molecule has 7 nitrogen and oxygen atoms in total. The highest BCUT2D eigenvalue weighted by Gasteiger charge is 2.33. The van der Waals surface area contributed by atoms with Gasteiger partial charge in [0, 0.05) is 30.6 Å². The Balaban J connectivity index is 1.38. The van der Waals surface area contributed by atoms with Crippen LogP contribution in [0.2, 0.25) is 5.02 Å². The van der Waals surface area contributed by atoms with E-state index >= 15 is 0 Å². The van der Waals surface area contributed by atoms with E-state index in [-0.39, 0.29) is 16.7 Å². The summed E-state index contributed by atoms with van der Waals surface area (Å²) in [6.07, 6.45) is 0.956. The summed E-state index contributed by atoms with van der Waals surface area (Å²) in [5.41, 5.74) is 1.90. The predicted octanol–water partition coefficient (Wildman–Crippen LogP) is 3.06. The van der Waals surface area contributed by atoms with Crippen molar-refractivity contribution >= 4 is 50.3 Å². The highest BCUT2D eigenvalue weighted by atomic mass is 35.5. The summed E-state index contributed by atoms with van der Waals surface area (Å²) in [4.78, 5) is 12.7. The van der Waals surface area contributed by atoms with Crippen molar-refractivity contribution in [3.05, 3.63) is 53.1 Å². The molecule has 1 aromatic heterocycles. The van der Waals surface area contributed by atoms with Gasteiger partial charge in [0.25, 0.3) is 0 Å². The second-order valence-corrected chi connectivity index (χ2v) is 9.79. The normalized spacial score (nSPS) is 16.2. The van der Waals surface area contributed by atoms with E-state index in [0.717, 1.165) is 17.3 Å². The zero-order chi connectivity index (χ0) is 20.4. The van der Waals surface area contributed by atoms with Crippen molar-refractivity contribution in [3.8, 4) is 0 Å². The van der Waals surface area contributed by atoms with Crippen LogP contribution in [0.25, 0.3) is 11.0 Å². The summed E-state index contributed by atoms with van der Waals surface area (Å²) in [6, 6.07) is 12.3. The summed E-state index contributed by atoms with van der Waals surface area (Å²) in [7, 11) is -3.68. The fourth-order valence-corrected chi connectivity index (χ4v) is 5.90. The van der Waals surface area contributed by atoms with Crippen LogP contribution in [0.4, 0.5) is 0 Å². The number of halogens is 1. The molecular weight excluding hydrogens is 432 g/mol. The van der Waals surface area contributed by atoms with Crippen molar-refractivity contribution in [2.75, 3.05) is 13.1 Å². The molecule has 1 saturated heterocycles. The van der Waals surface area contributed by atoms with E-state index in [1.54, 1.807) is 24.3 Å². The van der Waals surface area contributed by atoms with E-state index in [2.05, 4.69) is 14.1 Å². The average Bonchev–Trinajstić information content (AvgIpc) is 3.21. The van der Waals surface area contributed by atoms with E-state index in [0.29, 0.717) is 48.5 Å². The molecule has 0 atom stereocenters. The number of piperidine rings is 1. The summed E-state index contributed by atoms with van der Waals surface area (Å²) < 4.78 is 35.8. The zero-order valence-corrected chi connectivity index (χ0v) is 17.8. The first-order chi connectivity index (χ1) is 13.9. The quantitative estimate of drug-likeness (QED) is 0.644. The lowest BCUT2D eigenvalue weighted by Gasteiger charge is -2.30. The highest BCUT2D eigenvalue weighted by Crippen LogP contribution is 2.28. The number of fused-ring (bicyclic) bond motifs is 1. The van der Waals surface area contributed by atoms with Crippen molar-refractivity contribution in [2.45, 2.75) is 24.3 Å². The summed E-state index contributed by atoms with van der Waals surface area (Å²) >= 11 is 6.96. The Kier molecular flexibility index (Phi) is 5.82. The third-order valence-corrected chi connectivity index (χ3v) is 7.76. The van der Waals surface area contributed by atoms with E-state index in [9.17, 15) is 13.2 Å². The number of sulfonamides is 1. The fraction of sp³-hybridized carbons (Fsp3) is 0.316. The van der Waals surface area contributed by atoms with Gasteiger partial charge in [-0.1, -0.05) is 29.8 Å². The molecule has 1 N–H and O–H groups in total. The van der Waals surface area contributed by atoms with Gasteiger partial charge >= 0.3 is 0 Å². The first-order valence-electron chi connectivity index (χ1n) is 9.19. The second kappa shape index (κ2) is 8.35. The number of nitrogens with zero attached hydrogens (tertiary/aromatic N) is 3. The first kappa shape index (κ1) is 20.2. The van der Waals surface area contributed by atoms with E-state index < -0.39 is 10.0 Å². The maximum absolute atomic E-state index is 13.1. The molecule has 0 bridgehead atoms. The molecule has 0 aliphatic carbocycles. The van der Waals surface area contributed by atoms with Crippen LogP contribution in [0, 0.1) is 5.92 Å². The van der Waals surface area contributed by atoms with Gasteiger partial charge in [-0.15, -0.1) is 0 Å². The Morgan fingerprint density at radius 2 is 1.93 bits per heavy atom. The number of aromatic nitrogens is 2. The van der Waals surface area contributed by atoms with Crippen molar-refractivity contribution in [2.24, 2.45) is 5.92 Å². The van der Waals surface area contributed by atoms with Gasteiger partial charge in [0.05, 0.1) is 11.7 Å². The highest BCUT2D eigenvalue weighted by molar-refractivity contribution is 7.89. The van der Waals surface area contributed by atoms with Gasteiger partial charge in [0.2, 0.25) is 15.9 Å². The summed E-state index contributed by atoms with van der Waals surface area (Å²) in [6.45, 7) is 0.994. The molecule has 29 heavy (non-hydrogen) atoms. The molecule has 1 aliphatic rings. The number of benzene rings is 2. The molecule has 0 radical (unpaired) electrons. The van der Waals surface area contributed by atoms with Crippen LogP contribution in [0.15, 0.2) is 47.4 Å². The maximum atomic E-state index is 13.1. The summed E-state index contributed by atoms with van der Waals surface area (Å²) in [5, 5.41) is 3.54. The van der Waals surface area contributed by atoms with Crippen LogP contribution in [0.5, 0.6) is 0 Å². The number of hydrogen-bond donors (Lipinski definition) is 1. The van der Waals surface area contributed by atoms with Gasteiger partial charge < -0.3 is 5.32 Å². The lowest BCUT2D eigenvalue weighted by atomic mass is 9.97. The number of hydrogen-bond acceptors (Lipinski definition) is 6. The van der Waals surface area contributed by atoms with Crippen molar-refractivity contribution in [1.29, 1.82) is 0 Å². The molecule has 4 rings (SSSR count). The van der Waals surface area contributed by atoms with Gasteiger partial charge in [0.15, 0.2) is 0 Å². The molecule has 1 aliphatic heterocycles. The molecule has 2 heterocycles. The lowest BCUT2D eigenvalue weighted by molar-refractivity contribution is -0.126. The minimum atomic E-state index is -3.68. The van der Waals surface area contributed by atoms with Crippen molar-refractivity contribution in [1.82, 2.24) is 18.4 Å². The van der Waals surface area contributed by atoms with Crippen molar-refractivity contribution in [3.63, 3.8) is 0 Å². The molecule has 2 aromatic carbocycles. The van der Waals surface area contributed by atoms with Crippen LogP contribution in [0.1, 0.15) is 18.4 Å². The third-order valence-electron chi connectivity index (χ3n) is 5.05. The lowest BCUT2D eigenvalue weighted by Crippen LogP contribution is -2.42. The predicted molar refractivity (Wildman–Crippen MR) is 112 cm³/mol. The number of carbonyl (C=O) groups is 1. The largest absolute Gasteiger partial charge is 0.352 e. The molecule has 0 saturated carbocycles. The molecule has 152 valence electrons. The van der Waals surface area contributed by atoms with E-state index in [4.69, 9.17) is 11.6 Å². The third kappa shape index (κ3) is 4.28. The van der Waals surface area contributed by atoms with Crippen LogP contribution >= 0.6 is 23.3 Å². The molecule has 0 spiro atoms. The smallest absolute Gasteiger partial charge is 0.245 e. The maximum Gasteiger partial charge on any atom is 0.245 e. The molecule has 10 heteroatoms. The van der Waals surface area contributed by atoms with Gasteiger partial charge in [-0.05, 0) is 42.7 Å². The Morgan fingerprint density at radius 3 is 2.69 bits per heavy atom. The molecule has 1 amide bonds. The summed E-state index contributed by atoms with van der Waals surface area (Å²) in [5.74, 6) is -0.273. The minimum absolute atomic E-state index is 0.0622. The standard InChI is InChI=1S/C19H19ClN4O3S2/c20-15-4-1-3-13(11-15)12-21-19(25)14-7-9-24(10-8-14)29(26,27)17-6-2-5-16-18(17)23-28-22-16/h1-6,11,14H,7-10,12H2,(H,21,25).